The highest BCUT2D eigenvalue weighted by Gasteiger charge is 2.11. The van der Waals surface area contributed by atoms with Crippen LogP contribution in [0.5, 0.6) is 0 Å². The molecule has 0 unspecified atom stereocenters. The summed E-state index contributed by atoms with van der Waals surface area (Å²) >= 11 is 0. The maximum absolute atomic E-state index is 12.2. The maximum Gasteiger partial charge on any atom is 0.325 e. The van der Waals surface area contributed by atoms with Crippen LogP contribution in [0.1, 0.15) is 41.4 Å². The van der Waals surface area contributed by atoms with Crippen molar-refractivity contribution < 1.29 is 19.1 Å². The first-order chi connectivity index (χ1) is 13.4. The van der Waals surface area contributed by atoms with Crippen molar-refractivity contribution in [2.45, 2.75) is 26.3 Å². The van der Waals surface area contributed by atoms with Gasteiger partial charge in [0.15, 0.2) is 0 Å². The van der Waals surface area contributed by atoms with Gasteiger partial charge >= 0.3 is 12.0 Å². The number of benzene rings is 2. The van der Waals surface area contributed by atoms with E-state index in [1.165, 1.54) is 12.7 Å². The minimum Gasteiger partial charge on any atom is -0.468 e. The zero-order valence-electron chi connectivity index (χ0n) is 16.2. The third kappa shape index (κ3) is 6.12. The van der Waals surface area contributed by atoms with Gasteiger partial charge in [0.25, 0.3) is 5.91 Å². The second-order valence-corrected chi connectivity index (χ2v) is 6.25. The van der Waals surface area contributed by atoms with Crippen molar-refractivity contribution in [2.24, 2.45) is 0 Å². The van der Waals surface area contributed by atoms with E-state index in [1.54, 1.807) is 24.3 Å². The molecule has 0 aliphatic rings. The van der Waals surface area contributed by atoms with Gasteiger partial charge in [0.1, 0.15) is 6.54 Å². The molecule has 0 aliphatic heterocycles. The van der Waals surface area contributed by atoms with Gasteiger partial charge in [0.2, 0.25) is 0 Å². The van der Waals surface area contributed by atoms with Gasteiger partial charge in [0, 0.05) is 11.3 Å². The largest absolute Gasteiger partial charge is 0.468 e. The van der Waals surface area contributed by atoms with E-state index in [9.17, 15) is 14.4 Å². The SMILES string of the molecule is CCc1ccc([C@H](C)NC(=O)Nc2ccc(C(=O)NCC(=O)OC)cc2)cc1. The molecule has 7 nitrogen and oxygen atoms in total. The van der Waals surface area contributed by atoms with E-state index in [2.05, 4.69) is 39.7 Å². The van der Waals surface area contributed by atoms with Gasteiger partial charge in [-0.3, -0.25) is 9.59 Å². The minimum absolute atomic E-state index is 0.144. The van der Waals surface area contributed by atoms with E-state index in [0.29, 0.717) is 11.3 Å². The highest BCUT2D eigenvalue weighted by molar-refractivity contribution is 5.97. The summed E-state index contributed by atoms with van der Waals surface area (Å²) in [6.07, 6.45) is 0.972. The summed E-state index contributed by atoms with van der Waals surface area (Å²) in [7, 11) is 1.25. The molecule has 3 N–H and O–H groups in total. The van der Waals surface area contributed by atoms with Crippen LogP contribution in [0.4, 0.5) is 10.5 Å². The quantitative estimate of drug-likeness (QED) is 0.640. The number of hydrogen-bond acceptors (Lipinski definition) is 4. The summed E-state index contributed by atoms with van der Waals surface area (Å²) < 4.78 is 4.47. The molecule has 0 heterocycles. The Balaban J connectivity index is 1.87. The lowest BCUT2D eigenvalue weighted by Crippen LogP contribution is -2.31. The highest BCUT2D eigenvalue weighted by Crippen LogP contribution is 2.15. The van der Waals surface area contributed by atoms with Gasteiger partial charge in [-0.2, -0.15) is 0 Å². The molecule has 28 heavy (non-hydrogen) atoms. The standard InChI is InChI=1S/C21H25N3O4/c1-4-15-5-7-16(8-6-15)14(2)23-21(27)24-18-11-9-17(10-12-18)20(26)22-13-19(25)28-3/h5-12,14H,4,13H2,1-3H3,(H,22,26)(H2,23,24,27)/t14-/m0/s1. The van der Waals surface area contributed by atoms with Crippen molar-refractivity contribution in [1.29, 1.82) is 0 Å². The summed E-state index contributed by atoms with van der Waals surface area (Å²) in [6.45, 7) is 3.81. The smallest absolute Gasteiger partial charge is 0.325 e. The number of ether oxygens (including phenoxy) is 1. The van der Waals surface area contributed by atoms with Crippen LogP contribution in [0.25, 0.3) is 0 Å². The van der Waals surface area contributed by atoms with Gasteiger partial charge in [-0.15, -0.1) is 0 Å². The first-order valence-corrected chi connectivity index (χ1v) is 9.04. The fourth-order valence-corrected chi connectivity index (χ4v) is 2.52. The Bertz CT molecular complexity index is 817. The monoisotopic (exact) mass is 383 g/mol. The predicted octanol–water partition coefficient (Wildman–Crippen LogP) is 3.03. The van der Waals surface area contributed by atoms with Crippen molar-refractivity contribution in [3.05, 3.63) is 65.2 Å². The van der Waals surface area contributed by atoms with E-state index in [1.807, 2.05) is 19.1 Å². The normalized spacial score (nSPS) is 11.2. The van der Waals surface area contributed by atoms with Gasteiger partial charge in [-0.25, -0.2) is 4.79 Å². The lowest BCUT2D eigenvalue weighted by molar-refractivity contribution is -0.139. The molecular formula is C21H25N3O4. The lowest BCUT2D eigenvalue weighted by atomic mass is 10.1. The number of carbonyl (C=O) groups excluding carboxylic acids is 3. The number of nitrogens with one attached hydrogen (secondary N) is 3. The molecule has 0 aromatic heterocycles. The van der Waals surface area contributed by atoms with Gasteiger partial charge in [0.05, 0.1) is 13.2 Å². The fraction of sp³-hybridized carbons (Fsp3) is 0.286. The Morgan fingerprint density at radius 3 is 2.21 bits per heavy atom. The molecule has 0 saturated carbocycles. The molecular weight excluding hydrogens is 358 g/mol. The molecule has 0 fully saturated rings. The molecule has 2 aromatic rings. The number of rotatable bonds is 7. The summed E-state index contributed by atoms with van der Waals surface area (Å²) in [5.74, 6) is -0.924. The van der Waals surface area contributed by atoms with Crippen LogP contribution >= 0.6 is 0 Å². The number of esters is 1. The van der Waals surface area contributed by atoms with Crippen LogP contribution in [0.2, 0.25) is 0 Å². The van der Waals surface area contributed by atoms with Gasteiger partial charge in [-0.1, -0.05) is 31.2 Å². The summed E-state index contributed by atoms with van der Waals surface area (Å²) in [6, 6.07) is 14.0. The van der Waals surface area contributed by atoms with Crippen LogP contribution in [0.3, 0.4) is 0 Å². The van der Waals surface area contributed by atoms with Crippen molar-refractivity contribution in [3.8, 4) is 0 Å². The predicted molar refractivity (Wildman–Crippen MR) is 107 cm³/mol. The highest BCUT2D eigenvalue weighted by atomic mass is 16.5. The van der Waals surface area contributed by atoms with Crippen LogP contribution < -0.4 is 16.0 Å². The van der Waals surface area contributed by atoms with Crippen molar-refractivity contribution in [1.82, 2.24) is 10.6 Å². The zero-order chi connectivity index (χ0) is 20.5. The second kappa shape index (κ2) is 10.1. The Kier molecular flexibility index (Phi) is 7.56. The number of carbonyl (C=O) groups is 3. The Morgan fingerprint density at radius 1 is 1.00 bits per heavy atom. The molecule has 148 valence electrons. The summed E-state index contributed by atoms with van der Waals surface area (Å²) in [5.41, 5.74) is 3.19. The number of anilines is 1. The summed E-state index contributed by atoms with van der Waals surface area (Å²) in [4.78, 5) is 35.2. The first kappa shape index (κ1) is 21.0. The second-order valence-electron chi connectivity index (χ2n) is 6.25. The number of amides is 3. The van der Waals surface area contributed by atoms with E-state index in [0.717, 1.165) is 12.0 Å². The number of aryl methyl sites for hydroxylation is 1. The Labute approximate surface area is 164 Å². The Morgan fingerprint density at radius 2 is 1.64 bits per heavy atom. The van der Waals surface area contributed by atoms with Crippen LogP contribution in [-0.2, 0) is 16.0 Å². The minimum atomic E-state index is -0.526. The van der Waals surface area contributed by atoms with E-state index in [4.69, 9.17) is 0 Å². The number of hydrogen-bond donors (Lipinski definition) is 3. The number of methoxy groups -OCH3 is 1. The molecule has 0 aliphatic carbocycles. The molecule has 0 radical (unpaired) electrons. The maximum atomic E-state index is 12.2. The fourth-order valence-electron chi connectivity index (χ4n) is 2.52. The molecule has 2 aromatic carbocycles. The number of urea groups is 1. The van der Waals surface area contributed by atoms with Crippen molar-refractivity contribution in [2.75, 3.05) is 19.0 Å². The molecule has 3 amide bonds. The van der Waals surface area contributed by atoms with Crippen LogP contribution in [0.15, 0.2) is 48.5 Å². The molecule has 1 atom stereocenters. The summed E-state index contributed by atoms with van der Waals surface area (Å²) in [5, 5.41) is 8.06. The molecule has 0 spiro atoms. The topological polar surface area (TPSA) is 96.5 Å². The molecule has 0 saturated heterocycles. The van der Waals surface area contributed by atoms with E-state index < -0.39 is 11.9 Å². The van der Waals surface area contributed by atoms with E-state index in [-0.39, 0.29) is 18.6 Å². The molecule has 2 rings (SSSR count). The van der Waals surface area contributed by atoms with Gasteiger partial charge < -0.3 is 20.7 Å². The average molecular weight is 383 g/mol. The Hall–Kier alpha value is -3.35. The van der Waals surface area contributed by atoms with Crippen LogP contribution in [-0.4, -0.2) is 31.6 Å². The molecule has 7 heteroatoms. The van der Waals surface area contributed by atoms with Crippen molar-refractivity contribution >= 4 is 23.6 Å². The van der Waals surface area contributed by atoms with E-state index >= 15 is 0 Å². The average Bonchev–Trinajstić information content (AvgIpc) is 2.72. The van der Waals surface area contributed by atoms with Crippen molar-refractivity contribution in [3.63, 3.8) is 0 Å². The third-order valence-electron chi connectivity index (χ3n) is 4.26. The molecule has 0 bridgehead atoms. The zero-order valence-corrected chi connectivity index (χ0v) is 16.2. The lowest BCUT2D eigenvalue weighted by Gasteiger charge is -2.15. The van der Waals surface area contributed by atoms with Gasteiger partial charge in [-0.05, 0) is 48.7 Å². The van der Waals surface area contributed by atoms with Crippen LogP contribution in [0, 0.1) is 0 Å². The first-order valence-electron chi connectivity index (χ1n) is 9.04. The third-order valence-corrected chi connectivity index (χ3v) is 4.26.